The lowest BCUT2D eigenvalue weighted by molar-refractivity contribution is 0.662. The fourth-order valence-corrected chi connectivity index (χ4v) is 11.5. The molecule has 0 bridgehead atoms. The standard InChI is InChI=1S/C65H49N/c1-64(2)59-37-17-14-33-55(59)58-36-21-35-50(63(58)64)45-24-20-27-47(42-45)66(48-40-41-56-54-32-15-18-38-60(54)65(3,61(56)43-48)46-25-8-5-9-26-46)62-39-19-16-34-57(62)53-31-13-12-30-52(53)51-29-11-10-28-49(51)44-22-6-4-7-23-44/h4-43H,1-3H3. The summed E-state index contributed by atoms with van der Waals surface area (Å²) in [5.74, 6) is 0. The van der Waals surface area contributed by atoms with Gasteiger partial charge in [0, 0.05) is 27.8 Å². The number of nitrogens with zero attached hydrogens (tertiary/aromatic N) is 1. The molecule has 0 amide bonds. The first-order chi connectivity index (χ1) is 32.4. The van der Waals surface area contributed by atoms with Crippen molar-refractivity contribution in [2.75, 3.05) is 4.90 Å². The van der Waals surface area contributed by atoms with Gasteiger partial charge in [-0.15, -0.1) is 0 Å². The summed E-state index contributed by atoms with van der Waals surface area (Å²) in [6, 6.07) is 89.8. The van der Waals surface area contributed by atoms with Gasteiger partial charge in [-0.25, -0.2) is 0 Å². The van der Waals surface area contributed by atoms with E-state index in [1.54, 1.807) is 0 Å². The van der Waals surface area contributed by atoms with E-state index in [9.17, 15) is 0 Å². The molecule has 0 aromatic heterocycles. The van der Waals surface area contributed by atoms with Gasteiger partial charge in [0.25, 0.3) is 0 Å². The minimum absolute atomic E-state index is 0.151. The van der Waals surface area contributed by atoms with Crippen LogP contribution in [0, 0.1) is 0 Å². The number of benzene rings is 10. The Labute approximate surface area is 389 Å². The summed E-state index contributed by atoms with van der Waals surface area (Å²) in [5.41, 5.74) is 24.4. The van der Waals surface area contributed by atoms with Crippen LogP contribution in [-0.4, -0.2) is 0 Å². The molecule has 1 atom stereocenters. The van der Waals surface area contributed by atoms with E-state index in [4.69, 9.17) is 0 Å². The van der Waals surface area contributed by atoms with Gasteiger partial charge in [-0.1, -0.05) is 226 Å². The van der Waals surface area contributed by atoms with Gasteiger partial charge in [-0.05, 0) is 126 Å². The molecule has 12 rings (SSSR count). The first-order valence-corrected chi connectivity index (χ1v) is 23.2. The molecule has 0 saturated heterocycles. The Balaban J connectivity index is 1.09. The van der Waals surface area contributed by atoms with Crippen LogP contribution in [0.2, 0.25) is 0 Å². The van der Waals surface area contributed by atoms with E-state index in [2.05, 4.69) is 268 Å². The molecule has 314 valence electrons. The van der Waals surface area contributed by atoms with Crippen molar-refractivity contribution in [3.05, 3.63) is 270 Å². The van der Waals surface area contributed by atoms with Gasteiger partial charge in [0.05, 0.1) is 5.69 Å². The summed E-state index contributed by atoms with van der Waals surface area (Å²) in [6.07, 6.45) is 0. The third kappa shape index (κ3) is 6.15. The highest BCUT2D eigenvalue weighted by Gasteiger charge is 2.41. The van der Waals surface area contributed by atoms with Gasteiger partial charge in [-0.3, -0.25) is 0 Å². The van der Waals surface area contributed by atoms with Crippen LogP contribution in [0.3, 0.4) is 0 Å². The Morgan fingerprint density at radius 2 is 0.758 bits per heavy atom. The summed E-state index contributed by atoms with van der Waals surface area (Å²) < 4.78 is 0. The maximum absolute atomic E-state index is 2.51. The predicted octanol–water partition coefficient (Wildman–Crippen LogP) is 17.5. The predicted molar refractivity (Wildman–Crippen MR) is 278 cm³/mol. The number of hydrogen-bond acceptors (Lipinski definition) is 1. The van der Waals surface area contributed by atoms with E-state index in [1.165, 1.54) is 89.0 Å². The highest BCUT2D eigenvalue weighted by Crippen LogP contribution is 2.56. The molecule has 0 spiro atoms. The van der Waals surface area contributed by atoms with Gasteiger partial charge in [0.15, 0.2) is 0 Å². The zero-order valence-electron chi connectivity index (χ0n) is 37.5. The lowest BCUT2D eigenvalue weighted by Gasteiger charge is -2.32. The minimum atomic E-state index is -0.352. The maximum Gasteiger partial charge on any atom is 0.0540 e. The second-order valence-corrected chi connectivity index (χ2v) is 18.5. The maximum atomic E-state index is 2.51. The van der Waals surface area contributed by atoms with Crippen LogP contribution in [-0.2, 0) is 10.8 Å². The average molecular weight is 844 g/mol. The van der Waals surface area contributed by atoms with Crippen molar-refractivity contribution < 1.29 is 0 Å². The van der Waals surface area contributed by atoms with Crippen molar-refractivity contribution in [1.29, 1.82) is 0 Å². The number of fused-ring (bicyclic) bond motifs is 6. The van der Waals surface area contributed by atoms with E-state index in [-0.39, 0.29) is 10.8 Å². The van der Waals surface area contributed by atoms with Crippen LogP contribution < -0.4 is 4.90 Å². The molecule has 0 fully saturated rings. The number of anilines is 3. The van der Waals surface area contributed by atoms with Crippen molar-refractivity contribution >= 4 is 17.1 Å². The van der Waals surface area contributed by atoms with Crippen LogP contribution in [0.5, 0.6) is 0 Å². The zero-order chi connectivity index (χ0) is 44.4. The van der Waals surface area contributed by atoms with Crippen molar-refractivity contribution in [3.63, 3.8) is 0 Å². The fraction of sp³-hybridized carbons (Fsp3) is 0.0769. The number of rotatable bonds is 8. The van der Waals surface area contributed by atoms with Crippen LogP contribution in [0.4, 0.5) is 17.1 Å². The first-order valence-electron chi connectivity index (χ1n) is 23.2. The lowest BCUT2D eigenvalue weighted by atomic mass is 9.74. The second kappa shape index (κ2) is 15.6. The van der Waals surface area contributed by atoms with E-state index < -0.39 is 0 Å². The molecule has 0 saturated carbocycles. The molecule has 2 aliphatic carbocycles. The number of para-hydroxylation sites is 1. The molecule has 1 unspecified atom stereocenters. The lowest BCUT2D eigenvalue weighted by Crippen LogP contribution is -2.23. The highest BCUT2D eigenvalue weighted by atomic mass is 15.1. The molecule has 1 nitrogen and oxygen atoms in total. The molecule has 2 aliphatic rings. The Kier molecular flexibility index (Phi) is 9.36. The Bertz CT molecular complexity index is 3470. The summed E-state index contributed by atoms with van der Waals surface area (Å²) in [5, 5.41) is 0. The molecule has 0 heterocycles. The molecule has 0 radical (unpaired) electrons. The normalized spacial score (nSPS) is 15.1. The van der Waals surface area contributed by atoms with Crippen LogP contribution in [0.1, 0.15) is 48.6 Å². The topological polar surface area (TPSA) is 3.24 Å². The molecule has 10 aromatic rings. The summed E-state index contributed by atoms with van der Waals surface area (Å²) in [4.78, 5) is 2.51. The van der Waals surface area contributed by atoms with Crippen molar-refractivity contribution in [2.24, 2.45) is 0 Å². The van der Waals surface area contributed by atoms with Crippen LogP contribution in [0.15, 0.2) is 243 Å². The van der Waals surface area contributed by atoms with Gasteiger partial charge < -0.3 is 4.90 Å². The van der Waals surface area contributed by atoms with E-state index in [0.717, 1.165) is 22.6 Å². The Morgan fingerprint density at radius 3 is 1.48 bits per heavy atom. The fourth-order valence-electron chi connectivity index (χ4n) is 11.5. The van der Waals surface area contributed by atoms with Gasteiger partial charge in [0.2, 0.25) is 0 Å². The molecule has 0 N–H and O–H groups in total. The zero-order valence-corrected chi connectivity index (χ0v) is 37.5. The van der Waals surface area contributed by atoms with E-state index in [0.29, 0.717) is 0 Å². The number of hydrogen-bond donors (Lipinski definition) is 0. The van der Waals surface area contributed by atoms with Crippen LogP contribution >= 0.6 is 0 Å². The van der Waals surface area contributed by atoms with Gasteiger partial charge in [0.1, 0.15) is 0 Å². The molecule has 66 heavy (non-hydrogen) atoms. The smallest absolute Gasteiger partial charge is 0.0540 e. The second-order valence-electron chi connectivity index (χ2n) is 18.5. The van der Waals surface area contributed by atoms with Crippen molar-refractivity contribution in [1.82, 2.24) is 0 Å². The largest absolute Gasteiger partial charge is 0.310 e. The summed E-state index contributed by atoms with van der Waals surface area (Å²) in [6.45, 7) is 7.17. The van der Waals surface area contributed by atoms with E-state index >= 15 is 0 Å². The summed E-state index contributed by atoms with van der Waals surface area (Å²) in [7, 11) is 0. The Hall–Kier alpha value is -8.00. The SMILES string of the molecule is CC1(C)c2ccccc2-c2cccc(-c3cccc(N(c4ccc5c(c4)C(C)(c4ccccc4)c4ccccc4-5)c4ccccc4-c4ccccc4-c4ccccc4-c4ccccc4)c3)c21. The van der Waals surface area contributed by atoms with Gasteiger partial charge >= 0.3 is 0 Å². The third-order valence-corrected chi connectivity index (χ3v) is 14.6. The van der Waals surface area contributed by atoms with Crippen LogP contribution in [0.25, 0.3) is 66.8 Å². The van der Waals surface area contributed by atoms with Gasteiger partial charge in [-0.2, -0.15) is 0 Å². The van der Waals surface area contributed by atoms with E-state index in [1.807, 2.05) is 0 Å². The molecular formula is C65H49N. The molecule has 0 aliphatic heterocycles. The highest BCUT2D eigenvalue weighted by molar-refractivity contribution is 5.98. The van der Waals surface area contributed by atoms with Crippen molar-refractivity contribution in [3.8, 4) is 66.8 Å². The summed E-state index contributed by atoms with van der Waals surface area (Å²) >= 11 is 0. The molecular weight excluding hydrogens is 795 g/mol. The average Bonchev–Trinajstić information content (AvgIpc) is 3.78. The first kappa shape index (κ1) is 39.6. The quantitative estimate of drug-likeness (QED) is 0.147. The third-order valence-electron chi connectivity index (χ3n) is 14.6. The Morgan fingerprint density at radius 1 is 0.288 bits per heavy atom. The minimum Gasteiger partial charge on any atom is -0.310 e. The molecule has 10 aromatic carbocycles. The monoisotopic (exact) mass is 843 g/mol. The molecule has 1 heteroatoms. The van der Waals surface area contributed by atoms with Crippen molar-refractivity contribution in [2.45, 2.75) is 31.6 Å².